The van der Waals surface area contributed by atoms with Gasteiger partial charge < -0.3 is 10.4 Å². The minimum absolute atomic E-state index is 0.371. The van der Waals surface area contributed by atoms with Crippen LogP contribution in [0.4, 0.5) is 0 Å². The van der Waals surface area contributed by atoms with Crippen LogP contribution < -0.4 is 5.32 Å². The summed E-state index contributed by atoms with van der Waals surface area (Å²) in [7, 11) is 0. The molecule has 0 aromatic heterocycles. The summed E-state index contributed by atoms with van der Waals surface area (Å²) >= 11 is 0. The van der Waals surface area contributed by atoms with Gasteiger partial charge in [0.2, 0.25) is 0 Å². The SMILES string of the molecule is Oc1ccc(CC2(CNC3CC3)CCCC2)cc1. The summed E-state index contributed by atoms with van der Waals surface area (Å²) in [5, 5.41) is 13.1. The molecule has 1 aromatic rings. The van der Waals surface area contributed by atoms with Crippen molar-refractivity contribution >= 4 is 0 Å². The predicted octanol–water partition coefficient (Wildman–Crippen LogP) is 3.25. The molecule has 98 valence electrons. The molecule has 2 N–H and O–H groups in total. The number of hydrogen-bond acceptors (Lipinski definition) is 2. The van der Waals surface area contributed by atoms with E-state index >= 15 is 0 Å². The first-order valence-electron chi connectivity index (χ1n) is 7.27. The Morgan fingerprint density at radius 2 is 1.78 bits per heavy atom. The second-order valence-electron chi connectivity index (χ2n) is 6.21. The van der Waals surface area contributed by atoms with Gasteiger partial charge in [0, 0.05) is 12.6 Å². The van der Waals surface area contributed by atoms with Gasteiger partial charge in [-0.25, -0.2) is 0 Å². The molecule has 2 aliphatic carbocycles. The molecule has 2 heteroatoms. The van der Waals surface area contributed by atoms with Gasteiger partial charge in [0.15, 0.2) is 0 Å². The van der Waals surface area contributed by atoms with E-state index in [0.717, 1.165) is 12.5 Å². The molecule has 2 fully saturated rings. The molecule has 18 heavy (non-hydrogen) atoms. The largest absolute Gasteiger partial charge is 0.508 e. The quantitative estimate of drug-likeness (QED) is 0.834. The van der Waals surface area contributed by atoms with Gasteiger partial charge in [0.25, 0.3) is 0 Å². The molecule has 0 bridgehead atoms. The second kappa shape index (κ2) is 4.93. The fraction of sp³-hybridized carbons (Fsp3) is 0.625. The maximum Gasteiger partial charge on any atom is 0.115 e. The van der Waals surface area contributed by atoms with Crippen molar-refractivity contribution in [2.75, 3.05) is 6.54 Å². The van der Waals surface area contributed by atoms with Crippen LogP contribution in [0.25, 0.3) is 0 Å². The van der Waals surface area contributed by atoms with Crippen molar-refractivity contribution in [1.29, 1.82) is 0 Å². The van der Waals surface area contributed by atoms with Crippen LogP contribution in [0.1, 0.15) is 44.1 Å². The van der Waals surface area contributed by atoms with Crippen molar-refractivity contribution in [3.05, 3.63) is 29.8 Å². The molecular formula is C16H23NO. The van der Waals surface area contributed by atoms with Crippen LogP contribution in [-0.2, 0) is 6.42 Å². The lowest BCUT2D eigenvalue weighted by Crippen LogP contribution is -2.35. The number of phenols is 1. The Morgan fingerprint density at radius 1 is 1.11 bits per heavy atom. The number of rotatable bonds is 5. The smallest absolute Gasteiger partial charge is 0.115 e. The Hall–Kier alpha value is -1.02. The number of hydrogen-bond donors (Lipinski definition) is 2. The van der Waals surface area contributed by atoms with Crippen molar-refractivity contribution in [3.8, 4) is 5.75 Å². The number of phenolic OH excluding ortho intramolecular Hbond substituents is 1. The monoisotopic (exact) mass is 245 g/mol. The zero-order valence-corrected chi connectivity index (χ0v) is 11.0. The fourth-order valence-electron chi connectivity index (χ4n) is 3.24. The zero-order valence-electron chi connectivity index (χ0n) is 11.0. The van der Waals surface area contributed by atoms with E-state index in [2.05, 4.69) is 17.4 Å². The Bertz CT molecular complexity index is 388. The van der Waals surface area contributed by atoms with Crippen LogP contribution in [-0.4, -0.2) is 17.7 Å². The topological polar surface area (TPSA) is 32.3 Å². The van der Waals surface area contributed by atoms with E-state index in [1.165, 1.54) is 50.6 Å². The van der Waals surface area contributed by atoms with E-state index in [9.17, 15) is 5.11 Å². The average Bonchev–Trinajstić information content (AvgIpc) is 3.10. The van der Waals surface area contributed by atoms with Gasteiger partial charge in [0.05, 0.1) is 0 Å². The molecule has 0 amide bonds. The molecule has 0 unspecified atom stereocenters. The van der Waals surface area contributed by atoms with Gasteiger partial charge in [-0.15, -0.1) is 0 Å². The summed E-state index contributed by atoms with van der Waals surface area (Å²) in [4.78, 5) is 0. The maximum atomic E-state index is 9.35. The number of aromatic hydroxyl groups is 1. The van der Waals surface area contributed by atoms with Crippen molar-refractivity contribution in [2.45, 2.75) is 51.0 Å². The van der Waals surface area contributed by atoms with Gasteiger partial charge >= 0.3 is 0 Å². The van der Waals surface area contributed by atoms with Crippen LogP contribution in [0.15, 0.2) is 24.3 Å². The van der Waals surface area contributed by atoms with Crippen LogP contribution in [0.3, 0.4) is 0 Å². The molecule has 0 heterocycles. The molecule has 0 atom stereocenters. The summed E-state index contributed by atoms with van der Waals surface area (Å²) in [5.41, 5.74) is 1.84. The van der Waals surface area contributed by atoms with Gasteiger partial charge in [0.1, 0.15) is 5.75 Å². The van der Waals surface area contributed by atoms with E-state index in [0.29, 0.717) is 11.2 Å². The highest BCUT2D eigenvalue weighted by molar-refractivity contribution is 5.27. The number of benzene rings is 1. The van der Waals surface area contributed by atoms with E-state index in [1.54, 1.807) is 0 Å². The van der Waals surface area contributed by atoms with E-state index in [-0.39, 0.29) is 0 Å². The standard InChI is InChI=1S/C16H23NO/c18-15-7-3-13(4-8-15)11-16(9-1-2-10-16)12-17-14-5-6-14/h3-4,7-8,14,17-18H,1-2,5-6,9-12H2. The molecule has 2 nitrogen and oxygen atoms in total. The Labute approximate surface area is 109 Å². The van der Waals surface area contributed by atoms with Gasteiger partial charge in [-0.3, -0.25) is 0 Å². The first-order valence-corrected chi connectivity index (χ1v) is 7.27. The van der Waals surface area contributed by atoms with Crippen LogP contribution >= 0.6 is 0 Å². The molecule has 3 rings (SSSR count). The summed E-state index contributed by atoms with van der Waals surface area (Å²) in [5.74, 6) is 0.371. The highest BCUT2D eigenvalue weighted by atomic mass is 16.3. The lowest BCUT2D eigenvalue weighted by molar-refractivity contribution is 0.276. The van der Waals surface area contributed by atoms with Gasteiger partial charge in [-0.05, 0) is 55.2 Å². The van der Waals surface area contributed by atoms with Crippen molar-refractivity contribution < 1.29 is 5.11 Å². The van der Waals surface area contributed by atoms with Crippen molar-refractivity contribution in [1.82, 2.24) is 5.32 Å². The zero-order chi connectivity index (χ0) is 12.4. The summed E-state index contributed by atoms with van der Waals surface area (Å²) in [6.07, 6.45) is 9.37. The van der Waals surface area contributed by atoms with E-state index in [4.69, 9.17) is 0 Å². The lowest BCUT2D eigenvalue weighted by atomic mass is 9.80. The van der Waals surface area contributed by atoms with Crippen LogP contribution in [0.5, 0.6) is 5.75 Å². The van der Waals surface area contributed by atoms with Gasteiger partial charge in [-0.1, -0.05) is 25.0 Å². The molecule has 2 aliphatic rings. The second-order valence-corrected chi connectivity index (χ2v) is 6.21. The Kier molecular flexibility index (Phi) is 3.29. The molecule has 1 aromatic carbocycles. The van der Waals surface area contributed by atoms with Crippen molar-refractivity contribution in [3.63, 3.8) is 0 Å². The molecule has 0 saturated heterocycles. The molecule has 0 radical (unpaired) electrons. The third kappa shape index (κ3) is 2.86. The molecule has 0 aliphatic heterocycles. The Morgan fingerprint density at radius 3 is 2.39 bits per heavy atom. The maximum absolute atomic E-state index is 9.35. The summed E-state index contributed by atoms with van der Waals surface area (Å²) in [6.45, 7) is 1.18. The lowest BCUT2D eigenvalue weighted by Gasteiger charge is -2.29. The minimum Gasteiger partial charge on any atom is -0.508 e. The minimum atomic E-state index is 0.371. The van der Waals surface area contributed by atoms with E-state index < -0.39 is 0 Å². The summed E-state index contributed by atoms with van der Waals surface area (Å²) < 4.78 is 0. The third-order valence-corrected chi connectivity index (χ3v) is 4.52. The molecular weight excluding hydrogens is 222 g/mol. The van der Waals surface area contributed by atoms with Crippen LogP contribution in [0.2, 0.25) is 0 Å². The third-order valence-electron chi connectivity index (χ3n) is 4.52. The predicted molar refractivity (Wildman–Crippen MR) is 73.7 cm³/mol. The normalized spacial score (nSPS) is 22.2. The van der Waals surface area contributed by atoms with Crippen molar-refractivity contribution in [2.24, 2.45) is 5.41 Å². The van der Waals surface area contributed by atoms with Gasteiger partial charge in [-0.2, -0.15) is 0 Å². The molecule has 2 saturated carbocycles. The molecule has 0 spiro atoms. The fourth-order valence-corrected chi connectivity index (χ4v) is 3.24. The highest BCUT2D eigenvalue weighted by Crippen LogP contribution is 2.41. The average molecular weight is 245 g/mol. The summed E-state index contributed by atoms with van der Waals surface area (Å²) in [6, 6.07) is 8.58. The Balaban J connectivity index is 1.66. The van der Waals surface area contributed by atoms with E-state index in [1.807, 2.05) is 12.1 Å². The highest BCUT2D eigenvalue weighted by Gasteiger charge is 2.35. The number of nitrogens with one attached hydrogen (secondary N) is 1. The first-order chi connectivity index (χ1) is 8.76. The first kappa shape index (κ1) is 12.0. The van der Waals surface area contributed by atoms with Crippen LogP contribution in [0, 0.1) is 5.41 Å².